The summed E-state index contributed by atoms with van der Waals surface area (Å²) >= 11 is 0. The molecule has 7 nitrogen and oxygen atoms in total. The van der Waals surface area contributed by atoms with Crippen LogP contribution >= 0.6 is 0 Å². The molecule has 2 heterocycles. The van der Waals surface area contributed by atoms with Gasteiger partial charge in [-0.3, -0.25) is 4.99 Å². The number of nitrogens with zero attached hydrogens (tertiary/aromatic N) is 3. The monoisotopic (exact) mass is 383 g/mol. The standard InChI is InChI=1S/C20H41N5O2/c1-18(16-25-10-8-24(3)9-11-25)15-23-20(21-2)22-7-4-12-27-17-19-5-13-26-14-6-19/h18-19H,4-17H2,1-3H3,(H2,21,22,23). The zero-order chi connectivity index (χ0) is 19.3. The first-order valence-corrected chi connectivity index (χ1v) is 10.7. The zero-order valence-corrected chi connectivity index (χ0v) is 17.7. The Balaban J connectivity index is 1.47. The summed E-state index contributed by atoms with van der Waals surface area (Å²) in [6, 6.07) is 0. The van der Waals surface area contributed by atoms with Crippen molar-refractivity contribution in [1.82, 2.24) is 20.4 Å². The van der Waals surface area contributed by atoms with Crippen LogP contribution < -0.4 is 10.6 Å². The first-order chi connectivity index (χ1) is 13.2. The molecule has 1 unspecified atom stereocenters. The SMILES string of the molecule is CN=C(NCCCOCC1CCOCC1)NCC(C)CN1CCN(C)CC1. The van der Waals surface area contributed by atoms with Crippen molar-refractivity contribution in [1.29, 1.82) is 0 Å². The topological polar surface area (TPSA) is 61.4 Å². The fourth-order valence-electron chi connectivity index (χ4n) is 3.57. The van der Waals surface area contributed by atoms with E-state index in [1.54, 1.807) is 0 Å². The number of nitrogens with one attached hydrogen (secondary N) is 2. The molecule has 2 rings (SSSR count). The van der Waals surface area contributed by atoms with E-state index in [1.807, 2.05) is 7.05 Å². The predicted octanol–water partition coefficient (Wildman–Crippen LogP) is 0.868. The fourth-order valence-corrected chi connectivity index (χ4v) is 3.57. The Morgan fingerprint density at radius 3 is 2.63 bits per heavy atom. The highest BCUT2D eigenvalue weighted by Crippen LogP contribution is 2.14. The highest BCUT2D eigenvalue weighted by molar-refractivity contribution is 5.79. The van der Waals surface area contributed by atoms with Crippen molar-refractivity contribution < 1.29 is 9.47 Å². The molecule has 0 radical (unpaired) electrons. The third kappa shape index (κ3) is 9.74. The maximum Gasteiger partial charge on any atom is 0.190 e. The number of guanidine groups is 1. The average molecular weight is 384 g/mol. The van der Waals surface area contributed by atoms with E-state index < -0.39 is 0 Å². The van der Waals surface area contributed by atoms with Crippen LogP contribution in [0.15, 0.2) is 4.99 Å². The molecule has 0 amide bonds. The van der Waals surface area contributed by atoms with Gasteiger partial charge in [-0.25, -0.2) is 0 Å². The molecule has 0 saturated carbocycles. The van der Waals surface area contributed by atoms with Crippen LogP contribution in [0.3, 0.4) is 0 Å². The summed E-state index contributed by atoms with van der Waals surface area (Å²) in [6.07, 6.45) is 3.28. The summed E-state index contributed by atoms with van der Waals surface area (Å²) in [6.45, 7) is 13.5. The van der Waals surface area contributed by atoms with Crippen LogP contribution in [0.5, 0.6) is 0 Å². The van der Waals surface area contributed by atoms with Gasteiger partial charge in [0.15, 0.2) is 5.96 Å². The van der Waals surface area contributed by atoms with Gasteiger partial charge >= 0.3 is 0 Å². The van der Waals surface area contributed by atoms with Gasteiger partial charge in [0.1, 0.15) is 0 Å². The van der Waals surface area contributed by atoms with Gasteiger partial charge in [0.2, 0.25) is 0 Å². The summed E-state index contributed by atoms with van der Waals surface area (Å²) in [7, 11) is 4.04. The highest BCUT2D eigenvalue weighted by atomic mass is 16.5. The minimum absolute atomic E-state index is 0.606. The number of piperazine rings is 1. The van der Waals surface area contributed by atoms with Gasteiger partial charge in [-0.05, 0) is 38.1 Å². The average Bonchev–Trinajstić information content (AvgIpc) is 2.69. The largest absolute Gasteiger partial charge is 0.381 e. The number of likely N-dealkylation sites (N-methyl/N-ethyl adjacent to an activating group) is 1. The molecule has 7 heteroatoms. The number of hydrogen-bond acceptors (Lipinski definition) is 5. The maximum atomic E-state index is 5.81. The molecule has 0 aromatic carbocycles. The molecule has 27 heavy (non-hydrogen) atoms. The summed E-state index contributed by atoms with van der Waals surface area (Å²) in [5, 5.41) is 6.85. The molecule has 0 aromatic heterocycles. The van der Waals surface area contributed by atoms with E-state index in [4.69, 9.17) is 9.47 Å². The zero-order valence-electron chi connectivity index (χ0n) is 17.7. The molecule has 2 aliphatic rings. The Morgan fingerprint density at radius 2 is 1.93 bits per heavy atom. The van der Waals surface area contributed by atoms with Gasteiger partial charge in [-0.2, -0.15) is 0 Å². The van der Waals surface area contributed by atoms with Crippen molar-refractivity contribution in [3.63, 3.8) is 0 Å². The minimum Gasteiger partial charge on any atom is -0.381 e. The summed E-state index contributed by atoms with van der Waals surface area (Å²) < 4.78 is 11.2. The lowest BCUT2D eigenvalue weighted by molar-refractivity contribution is 0.0203. The lowest BCUT2D eigenvalue weighted by Gasteiger charge is -2.34. The molecule has 0 spiro atoms. The first-order valence-electron chi connectivity index (χ1n) is 10.7. The highest BCUT2D eigenvalue weighted by Gasteiger charge is 2.16. The third-order valence-corrected chi connectivity index (χ3v) is 5.46. The van der Waals surface area contributed by atoms with Gasteiger partial charge in [-0.15, -0.1) is 0 Å². The molecule has 158 valence electrons. The van der Waals surface area contributed by atoms with E-state index in [-0.39, 0.29) is 0 Å². The number of rotatable bonds is 10. The number of hydrogen-bond donors (Lipinski definition) is 2. The van der Waals surface area contributed by atoms with Crippen molar-refractivity contribution in [3.8, 4) is 0 Å². The first kappa shape index (κ1) is 22.4. The minimum atomic E-state index is 0.606. The summed E-state index contributed by atoms with van der Waals surface area (Å²) in [5.74, 6) is 2.18. The van der Waals surface area contributed by atoms with E-state index in [9.17, 15) is 0 Å². The van der Waals surface area contributed by atoms with E-state index in [0.29, 0.717) is 11.8 Å². The Hall–Kier alpha value is -0.890. The van der Waals surface area contributed by atoms with E-state index >= 15 is 0 Å². The summed E-state index contributed by atoms with van der Waals surface area (Å²) in [4.78, 5) is 9.30. The molecule has 0 aliphatic carbocycles. The Labute approximate surface area is 165 Å². The Kier molecular flexibility index (Phi) is 11.0. The smallest absolute Gasteiger partial charge is 0.190 e. The molecule has 2 N–H and O–H groups in total. The number of aliphatic imine (C=N–C) groups is 1. The summed E-state index contributed by atoms with van der Waals surface area (Å²) in [5.41, 5.74) is 0. The maximum absolute atomic E-state index is 5.81. The van der Waals surface area contributed by atoms with Crippen molar-refractivity contribution >= 4 is 5.96 Å². The van der Waals surface area contributed by atoms with Gasteiger partial charge in [0.25, 0.3) is 0 Å². The second-order valence-corrected chi connectivity index (χ2v) is 8.07. The fraction of sp³-hybridized carbons (Fsp3) is 0.950. The van der Waals surface area contributed by atoms with E-state index in [2.05, 4.69) is 39.4 Å². The normalized spacial score (nSPS) is 22.0. The number of ether oxygens (including phenoxy) is 2. The van der Waals surface area contributed by atoms with Crippen LogP contribution in [-0.2, 0) is 9.47 Å². The molecule has 1 atom stereocenters. The predicted molar refractivity (Wildman–Crippen MR) is 111 cm³/mol. The molecule has 2 fully saturated rings. The van der Waals surface area contributed by atoms with Crippen LogP contribution in [-0.4, -0.2) is 102 Å². The van der Waals surface area contributed by atoms with Crippen LogP contribution in [0.2, 0.25) is 0 Å². The Morgan fingerprint density at radius 1 is 1.19 bits per heavy atom. The van der Waals surface area contributed by atoms with E-state index in [0.717, 1.165) is 71.3 Å². The molecule has 0 aromatic rings. The second-order valence-electron chi connectivity index (χ2n) is 8.07. The van der Waals surface area contributed by atoms with Crippen LogP contribution in [0.4, 0.5) is 0 Å². The molecular formula is C20H41N5O2. The molecule has 2 saturated heterocycles. The van der Waals surface area contributed by atoms with Crippen molar-refractivity contribution in [2.75, 3.05) is 86.3 Å². The Bertz CT molecular complexity index is 407. The third-order valence-electron chi connectivity index (χ3n) is 5.46. The lowest BCUT2D eigenvalue weighted by atomic mass is 10.0. The van der Waals surface area contributed by atoms with Crippen LogP contribution in [0, 0.1) is 11.8 Å². The molecular weight excluding hydrogens is 342 g/mol. The van der Waals surface area contributed by atoms with Crippen molar-refractivity contribution in [2.24, 2.45) is 16.8 Å². The quantitative estimate of drug-likeness (QED) is 0.332. The van der Waals surface area contributed by atoms with Gasteiger partial charge in [0, 0.05) is 79.3 Å². The van der Waals surface area contributed by atoms with Crippen molar-refractivity contribution in [3.05, 3.63) is 0 Å². The van der Waals surface area contributed by atoms with Gasteiger partial charge in [-0.1, -0.05) is 6.92 Å². The second kappa shape index (κ2) is 13.3. The molecule has 2 aliphatic heterocycles. The van der Waals surface area contributed by atoms with Gasteiger partial charge < -0.3 is 29.9 Å². The van der Waals surface area contributed by atoms with E-state index in [1.165, 1.54) is 26.2 Å². The molecule has 0 bridgehead atoms. The van der Waals surface area contributed by atoms with Crippen LogP contribution in [0.1, 0.15) is 26.2 Å². The van der Waals surface area contributed by atoms with Crippen LogP contribution in [0.25, 0.3) is 0 Å². The van der Waals surface area contributed by atoms with Crippen molar-refractivity contribution in [2.45, 2.75) is 26.2 Å². The lowest BCUT2D eigenvalue weighted by Crippen LogP contribution is -2.47. The van der Waals surface area contributed by atoms with Gasteiger partial charge in [0.05, 0.1) is 0 Å².